The number of sulfone groups is 1. The summed E-state index contributed by atoms with van der Waals surface area (Å²) < 4.78 is 53.1. The molecule has 0 aliphatic rings. The van der Waals surface area contributed by atoms with Crippen LogP contribution in [0.2, 0.25) is 0 Å². The van der Waals surface area contributed by atoms with Crippen molar-refractivity contribution in [2.24, 2.45) is 0 Å². The van der Waals surface area contributed by atoms with Crippen LogP contribution < -0.4 is 0 Å². The van der Waals surface area contributed by atoms with E-state index >= 15 is 0 Å². The molecular formula is C4H10Cl2O8S2. The number of hydrogen-bond donors (Lipinski definition) is 4. The van der Waals surface area contributed by atoms with Crippen molar-refractivity contribution >= 4 is 43.4 Å². The van der Waals surface area contributed by atoms with E-state index in [2.05, 4.69) is 0 Å². The zero-order chi connectivity index (χ0) is 13.6. The Morgan fingerprint density at radius 3 is 1.19 bits per heavy atom. The van der Waals surface area contributed by atoms with Crippen LogP contribution in [0.5, 0.6) is 0 Å². The van der Waals surface area contributed by atoms with Gasteiger partial charge < -0.3 is 10.2 Å². The van der Waals surface area contributed by atoms with E-state index in [-0.39, 0.29) is 0 Å². The molecule has 100 valence electrons. The molecule has 8 nitrogen and oxygen atoms in total. The lowest BCUT2D eigenvalue weighted by molar-refractivity contribution is 0.271. The lowest BCUT2D eigenvalue weighted by atomic mass is 10.8. The van der Waals surface area contributed by atoms with Crippen LogP contribution in [0.1, 0.15) is 0 Å². The Morgan fingerprint density at radius 2 is 1.06 bits per heavy atom. The Labute approximate surface area is 102 Å². The molecule has 2 atom stereocenters. The Bertz CT molecular complexity index is 347. The average Bonchev–Trinajstić information content (AvgIpc) is 1.72. The van der Waals surface area contributed by atoms with E-state index in [4.69, 9.17) is 50.9 Å². The molecule has 0 aromatic heterocycles. The van der Waals surface area contributed by atoms with Crippen molar-refractivity contribution in [3.8, 4) is 0 Å². The molecule has 2 unspecified atom stereocenters. The summed E-state index contributed by atoms with van der Waals surface area (Å²) in [5.74, 6) is -1.20. The van der Waals surface area contributed by atoms with E-state index in [0.29, 0.717) is 0 Å². The van der Waals surface area contributed by atoms with E-state index < -0.39 is 42.9 Å². The fourth-order valence-corrected chi connectivity index (χ4v) is 2.61. The summed E-state index contributed by atoms with van der Waals surface area (Å²) >= 11 is 9.99. The van der Waals surface area contributed by atoms with Crippen molar-refractivity contribution in [3.63, 3.8) is 0 Å². The predicted octanol–water partition coefficient (Wildman–Crippen LogP) is -1.14. The molecule has 0 amide bonds. The molecule has 0 spiro atoms. The third-order valence-corrected chi connectivity index (χ3v) is 3.10. The molecule has 0 aliphatic heterocycles. The topological polar surface area (TPSA) is 149 Å². The minimum Gasteiger partial charge on any atom is -0.377 e. The largest absolute Gasteiger partial charge is 0.394 e. The zero-order valence-corrected chi connectivity index (χ0v) is 10.7. The molecule has 0 radical (unpaired) electrons. The minimum absolute atomic E-state index is 0.599. The first kappa shape index (κ1) is 18.7. The lowest BCUT2D eigenvalue weighted by Crippen LogP contribution is -2.23. The SMILES string of the molecule is O=S(=O)(CC(O)Cl)CC(O)Cl.O=S(=O)(O)O. The van der Waals surface area contributed by atoms with Gasteiger partial charge in [0, 0.05) is 0 Å². The van der Waals surface area contributed by atoms with E-state index in [1.54, 1.807) is 0 Å². The standard InChI is InChI=1S/C4H8Cl2O4S.H2O4S/c5-3(7)1-11(9,10)2-4(6)8;1-5(2,3)4/h3-4,7-8H,1-2H2;(H2,1,2,3,4). The molecule has 0 aliphatic carbocycles. The minimum atomic E-state index is -4.67. The first-order valence-electron chi connectivity index (χ1n) is 3.38. The second kappa shape index (κ2) is 7.61. The number of alkyl halides is 2. The van der Waals surface area contributed by atoms with Crippen LogP contribution in [-0.4, -0.2) is 58.8 Å². The Kier molecular flexibility index (Phi) is 8.88. The third kappa shape index (κ3) is 23.9. The monoisotopic (exact) mass is 320 g/mol. The number of halogens is 2. The number of aliphatic hydroxyl groups is 2. The summed E-state index contributed by atoms with van der Waals surface area (Å²) in [4.78, 5) is 0. The van der Waals surface area contributed by atoms with Gasteiger partial charge in [-0.05, 0) is 0 Å². The number of rotatable bonds is 4. The van der Waals surface area contributed by atoms with Crippen LogP contribution in [0.15, 0.2) is 0 Å². The Hall–Kier alpha value is 0.320. The van der Waals surface area contributed by atoms with Gasteiger partial charge in [-0.3, -0.25) is 9.11 Å². The Balaban J connectivity index is 0. The molecule has 0 aromatic carbocycles. The molecule has 0 rings (SSSR count). The summed E-state index contributed by atoms with van der Waals surface area (Å²) in [5, 5.41) is 16.9. The molecular weight excluding hydrogens is 311 g/mol. The van der Waals surface area contributed by atoms with Crippen molar-refractivity contribution in [1.82, 2.24) is 0 Å². The van der Waals surface area contributed by atoms with Gasteiger partial charge >= 0.3 is 10.4 Å². The smallest absolute Gasteiger partial charge is 0.377 e. The number of aliphatic hydroxyl groups excluding tert-OH is 2. The molecule has 0 saturated heterocycles. The molecule has 0 bridgehead atoms. The van der Waals surface area contributed by atoms with Gasteiger partial charge in [-0.15, -0.1) is 0 Å². The zero-order valence-electron chi connectivity index (χ0n) is 7.56. The summed E-state index contributed by atoms with van der Waals surface area (Å²) in [6.07, 6.45) is 0. The summed E-state index contributed by atoms with van der Waals surface area (Å²) in [7, 11) is -8.21. The van der Waals surface area contributed by atoms with Gasteiger partial charge in [0.2, 0.25) is 0 Å². The fraction of sp³-hybridized carbons (Fsp3) is 1.00. The molecule has 16 heavy (non-hydrogen) atoms. The highest BCUT2D eigenvalue weighted by Crippen LogP contribution is 2.02. The molecule has 0 heterocycles. The van der Waals surface area contributed by atoms with Crippen LogP contribution in [0.4, 0.5) is 0 Å². The number of hydrogen-bond acceptors (Lipinski definition) is 6. The van der Waals surface area contributed by atoms with Gasteiger partial charge in [0.15, 0.2) is 9.84 Å². The van der Waals surface area contributed by atoms with Crippen LogP contribution in [0.3, 0.4) is 0 Å². The highest BCUT2D eigenvalue weighted by Gasteiger charge is 2.18. The normalized spacial score (nSPS) is 15.9. The maximum Gasteiger partial charge on any atom is 0.394 e. The van der Waals surface area contributed by atoms with Crippen molar-refractivity contribution in [1.29, 1.82) is 0 Å². The first-order valence-corrected chi connectivity index (χ1v) is 7.47. The van der Waals surface area contributed by atoms with Gasteiger partial charge in [0.1, 0.15) is 11.1 Å². The quantitative estimate of drug-likeness (QED) is 0.375. The molecule has 0 saturated carbocycles. The van der Waals surface area contributed by atoms with Gasteiger partial charge in [-0.1, -0.05) is 23.2 Å². The maximum absolute atomic E-state index is 10.8. The van der Waals surface area contributed by atoms with E-state index in [1.165, 1.54) is 0 Å². The van der Waals surface area contributed by atoms with Crippen LogP contribution in [0, 0.1) is 0 Å². The summed E-state index contributed by atoms with van der Waals surface area (Å²) in [6, 6.07) is 0. The summed E-state index contributed by atoms with van der Waals surface area (Å²) in [6.45, 7) is 0. The van der Waals surface area contributed by atoms with Crippen molar-refractivity contribution in [3.05, 3.63) is 0 Å². The van der Waals surface area contributed by atoms with Crippen LogP contribution in [-0.2, 0) is 20.2 Å². The highest BCUT2D eigenvalue weighted by molar-refractivity contribution is 7.91. The fourth-order valence-electron chi connectivity index (χ4n) is 0.487. The van der Waals surface area contributed by atoms with Crippen LogP contribution >= 0.6 is 23.2 Å². The molecule has 0 aromatic rings. The lowest BCUT2D eigenvalue weighted by Gasteiger charge is -2.04. The van der Waals surface area contributed by atoms with Gasteiger partial charge in [0.05, 0.1) is 11.5 Å². The molecule has 12 heteroatoms. The Morgan fingerprint density at radius 1 is 0.875 bits per heavy atom. The van der Waals surface area contributed by atoms with Crippen molar-refractivity contribution in [2.45, 2.75) is 11.1 Å². The van der Waals surface area contributed by atoms with Gasteiger partial charge in [0.25, 0.3) is 0 Å². The van der Waals surface area contributed by atoms with Crippen molar-refractivity contribution < 1.29 is 36.2 Å². The van der Waals surface area contributed by atoms with Crippen molar-refractivity contribution in [2.75, 3.05) is 11.5 Å². The summed E-state index contributed by atoms with van der Waals surface area (Å²) in [5.41, 5.74) is -2.90. The highest BCUT2D eigenvalue weighted by atomic mass is 35.5. The maximum atomic E-state index is 10.8. The van der Waals surface area contributed by atoms with Crippen LogP contribution in [0.25, 0.3) is 0 Å². The van der Waals surface area contributed by atoms with E-state index in [9.17, 15) is 8.42 Å². The molecule has 4 N–H and O–H groups in total. The third-order valence-electron chi connectivity index (χ3n) is 0.783. The van der Waals surface area contributed by atoms with Gasteiger partial charge in [-0.2, -0.15) is 8.42 Å². The average molecular weight is 321 g/mol. The second-order valence-corrected chi connectivity index (χ2v) is 6.45. The predicted molar refractivity (Wildman–Crippen MR) is 56.6 cm³/mol. The second-order valence-electron chi connectivity index (χ2n) is 2.39. The van der Waals surface area contributed by atoms with E-state index in [1.807, 2.05) is 0 Å². The van der Waals surface area contributed by atoms with Gasteiger partial charge in [-0.25, -0.2) is 8.42 Å². The first-order chi connectivity index (χ1) is 6.83. The molecule has 0 fully saturated rings. The van der Waals surface area contributed by atoms with E-state index in [0.717, 1.165) is 0 Å².